The summed E-state index contributed by atoms with van der Waals surface area (Å²) in [6.45, 7) is 5.92. The van der Waals surface area contributed by atoms with Crippen molar-refractivity contribution in [3.8, 4) is 5.75 Å². The molecule has 19 heavy (non-hydrogen) atoms. The first kappa shape index (κ1) is 13.6. The van der Waals surface area contributed by atoms with E-state index in [4.69, 9.17) is 0 Å². The molecule has 2 N–H and O–H groups in total. The van der Waals surface area contributed by atoms with Gasteiger partial charge in [-0.3, -0.25) is 0 Å². The van der Waals surface area contributed by atoms with Gasteiger partial charge in [0.1, 0.15) is 5.75 Å². The predicted molar refractivity (Wildman–Crippen MR) is 77.3 cm³/mol. The van der Waals surface area contributed by atoms with Crippen LogP contribution in [0.4, 0.5) is 0 Å². The quantitative estimate of drug-likeness (QED) is 0.883. The van der Waals surface area contributed by atoms with Crippen LogP contribution in [-0.4, -0.2) is 10.2 Å². The highest BCUT2D eigenvalue weighted by atomic mass is 16.3. The number of aryl methyl sites for hydroxylation is 2. The molecule has 2 heteroatoms. The molecule has 0 bridgehead atoms. The molecule has 0 amide bonds. The maximum Gasteiger partial charge on any atom is 0.115 e. The Morgan fingerprint density at radius 2 is 1.63 bits per heavy atom. The second-order valence-corrected chi connectivity index (χ2v) is 5.43. The van der Waals surface area contributed by atoms with E-state index < -0.39 is 5.60 Å². The van der Waals surface area contributed by atoms with Gasteiger partial charge in [0.15, 0.2) is 0 Å². The lowest BCUT2D eigenvalue weighted by Crippen LogP contribution is -2.24. The van der Waals surface area contributed by atoms with Crippen molar-refractivity contribution >= 4 is 0 Å². The maximum absolute atomic E-state index is 10.7. The lowest BCUT2D eigenvalue weighted by molar-refractivity contribution is 0.0574. The summed E-state index contributed by atoms with van der Waals surface area (Å²) in [5.74, 6) is 0.214. The highest BCUT2D eigenvalue weighted by molar-refractivity contribution is 5.35. The molecular formula is C17H20O2. The molecule has 0 saturated heterocycles. The molecule has 0 radical (unpaired) electrons. The maximum atomic E-state index is 10.7. The molecule has 2 aromatic rings. The van der Waals surface area contributed by atoms with Crippen LogP contribution in [0.1, 0.15) is 29.2 Å². The minimum atomic E-state index is -0.938. The van der Waals surface area contributed by atoms with Gasteiger partial charge in [0.05, 0.1) is 5.60 Å². The molecule has 0 spiro atoms. The van der Waals surface area contributed by atoms with Gasteiger partial charge in [-0.1, -0.05) is 35.9 Å². The number of aliphatic hydroxyl groups is 1. The Labute approximate surface area is 114 Å². The molecule has 0 aliphatic carbocycles. The third kappa shape index (κ3) is 3.15. The molecule has 1 atom stereocenters. The van der Waals surface area contributed by atoms with E-state index in [-0.39, 0.29) is 5.75 Å². The van der Waals surface area contributed by atoms with Gasteiger partial charge in [0, 0.05) is 6.42 Å². The van der Waals surface area contributed by atoms with Gasteiger partial charge in [0.25, 0.3) is 0 Å². The van der Waals surface area contributed by atoms with Gasteiger partial charge >= 0.3 is 0 Å². The number of benzene rings is 2. The molecule has 0 saturated carbocycles. The van der Waals surface area contributed by atoms with Gasteiger partial charge < -0.3 is 10.2 Å². The molecule has 0 fully saturated rings. The summed E-state index contributed by atoms with van der Waals surface area (Å²) in [6, 6.07) is 13.0. The Bertz CT molecular complexity index is 568. The molecule has 2 aromatic carbocycles. The van der Waals surface area contributed by atoms with Crippen LogP contribution in [0, 0.1) is 13.8 Å². The Balaban J connectivity index is 2.30. The molecule has 0 aromatic heterocycles. The van der Waals surface area contributed by atoms with Crippen LogP contribution < -0.4 is 0 Å². The smallest absolute Gasteiger partial charge is 0.115 e. The van der Waals surface area contributed by atoms with Crippen LogP contribution in [0.3, 0.4) is 0 Å². The first-order valence-electron chi connectivity index (χ1n) is 6.46. The fourth-order valence-corrected chi connectivity index (χ4v) is 2.28. The second kappa shape index (κ2) is 5.06. The summed E-state index contributed by atoms with van der Waals surface area (Å²) < 4.78 is 0. The van der Waals surface area contributed by atoms with Crippen LogP contribution in [0.5, 0.6) is 5.75 Å². The Morgan fingerprint density at radius 1 is 1.00 bits per heavy atom. The lowest BCUT2D eigenvalue weighted by Gasteiger charge is -2.25. The third-order valence-electron chi connectivity index (χ3n) is 3.53. The molecule has 0 heterocycles. The Hall–Kier alpha value is -1.80. The van der Waals surface area contributed by atoms with E-state index in [1.54, 1.807) is 31.2 Å². The number of hydrogen-bond donors (Lipinski definition) is 2. The van der Waals surface area contributed by atoms with E-state index in [1.165, 1.54) is 11.1 Å². The Kier molecular flexibility index (Phi) is 3.63. The van der Waals surface area contributed by atoms with E-state index in [0.717, 1.165) is 11.1 Å². The lowest BCUT2D eigenvalue weighted by atomic mass is 9.87. The fraction of sp³-hybridized carbons (Fsp3) is 0.294. The van der Waals surface area contributed by atoms with Crippen molar-refractivity contribution in [3.63, 3.8) is 0 Å². The van der Waals surface area contributed by atoms with Crippen LogP contribution in [0.2, 0.25) is 0 Å². The number of phenolic OH excluding ortho intramolecular Hbond substituents is 1. The van der Waals surface area contributed by atoms with E-state index in [2.05, 4.69) is 32.0 Å². The standard InChI is InChI=1S/C17H20O2/c1-12-4-5-13(2)14(10-12)11-17(3,19)15-6-8-16(18)9-7-15/h4-10,18-19H,11H2,1-3H3. The van der Waals surface area contributed by atoms with Crippen molar-refractivity contribution in [2.75, 3.05) is 0 Å². The Morgan fingerprint density at radius 3 is 2.26 bits per heavy atom. The van der Waals surface area contributed by atoms with E-state index in [0.29, 0.717) is 6.42 Å². The molecule has 1 unspecified atom stereocenters. The molecule has 0 aliphatic rings. The third-order valence-corrected chi connectivity index (χ3v) is 3.53. The zero-order valence-corrected chi connectivity index (χ0v) is 11.6. The summed E-state index contributed by atoms with van der Waals surface area (Å²) in [5, 5.41) is 20.0. The highest BCUT2D eigenvalue weighted by Gasteiger charge is 2.24. The highest BCUT2D eigenvalue weighted by Crippen LogP contribution is 2.28. The fourth-order valence-electron chi connectivity index (χ4n) is 2.28. The topological polar surface area (TPSA) is 40.5 Å². The number of hydrogen-bond acceptors (Lipinski definition) is 2. The molecule has 100 valence electrons. The minimum Gasteiger partial charge on any atom is -0.508 e. The summed E-state index contributed by atoms with van der Waals surface area (Å²) in [6.07, 6.45) is 0.561. The van der Waals surface area contributed by atoms with E-state index in [9.17, 15) is 10.2 Å². The predicted octanol–water partition coefficient (Wildman–Crippen LogP) is 3.46. The van der Waals surface area contributed by atoms with Crippen molar-refractivity contribution in [1.29, 1.82) is 0 Å². The zero-order chi connectivity index (χ0) is 14.0. The number of aromatic hydroxyl groups is 1. The van der Waals surface area contributed by atoms with Crippen LogP contribution in [0.15, 0.2) is 42.5 Å². The first-order chi connectivity index (χ1) is 8.88. The summed E-state index contributed by atoms with van der Waals surface area (Å²) >= 11 is 0. The second-order valence-electron chi connectivity index (χ2n) is 5.43. The largest absolute Gasteiger partial charge is 0.508 e. The van der Waals surface area contributed by atoms with Gasteiger partial charge in [-0.15, -0.1) is 0 Å². The van der Waals surface area contributed by atoms with Crippen molar-refractivity contribution in [2.45, 2.75) is 32.8 Å². The SMILES string of the molecule is Cc1ccc(C)c(CC(C)(O)c2ccc(O)cc2)c1. The molecular weight excluding hydrogens is 236 g/mol. The molecule has 2 nitrogen and oxygen atoms in total. The van der Waals surface area contributed by atoms with Crippen molar-refractivity contribution in [3.05, 3.63) is 64.7 Å². The normalized spacial score (nSPS) is 14.1. The average Bonchev–Trinajstić information content (AvgIpc) is 2.34. The van der Waals surface area contributed by atoms with Crippen LogP contribution in [0.25, 0.3) is 0 Å². The van der Waals surface area contributed by atoms with Crippen molar-refractivity contribution in [1.82, 2.24) is 0 Å². The minimum absolute atomic E-state index is 0.214. The average molecular weight is 256 g/mol. The molecule has 0 aliphatic heterocycles. The summed E-state index contributed by atoms with van der Waals surface area (Å²) in [4.78, 5) is 0. The van der Waals surface area contributed by atoms with Gasteiger partial charge in [-0.25, -0.2) is 0 Å². The monoisotopic (exact) mass is 256 g/mol. The van der Waals surface area contributed by atoms with Crippen molar-refractivity contribution < 1.29 is 10.2 Å². The van der Waals surface area contributed by atoms with Crippen LogP contribution in [-0.2, 0) is 12.0 Å². The van der Waals surface area contributed by atoms with Crippen LogP contribution >= 0.6 is 0 Å². The molecule has 2 rings (SSSR count). The zero-order valence-electron chi connectivity index (χ0n) is 11.6. The first-order valence-corrected chi connectivity index (χ1v) is 6.46. The van der Waals surface area contributed by atoms with Gasteiger partial charge in [0.2, 0.25) is 0 Å². The van der Waals surface area contributed by atoms with E-state index in [1.807, 2.05) is 0 Å². The number of rotatable bonds is 3. The summed E-state index contributed by atoms with van der Waals surface area (Å²) in [7, 11) is 0. The summed E-state index contributed by atoms with van der Waals surface area (Å²) in [5.41, 5.74) is 3.41. The van der Waals surface area contributed by atoms with Gasteiger partial charge in [-0.05, 0) is 49.6 Å². The van der Waals surface area contributed by atoms with Gasteiger partial charge in [-0.2, -0.15) is 0 Å². The number of phenols is 1. The van der Waals surface area contributed by atoms with E-state index >= 15 is 0 Å². The van der Waals surface area contributed by atoms with Crippen molar-refractivity contribution in [2.24, 2.45) is 0 Å².